The van der Waals surface area contributed by atoms with Gasteiger partial charge in [-0.05, 0) is 24.1 Å². The molecule has 1 aromatic heterocycles. The fourth-order valence-corrected chi connectivity index (χ4v) is 2.62. The number of hydrogen-bond acceptors (Lipinski definition) is 5. The minimum absolute atomic E-state index is 0.198. The lowest BCUT2D eigenvalue weighted by molar-refractivity contribution is 0.0951. The Balaban J connectivity index is 1.57. The van der Waals surface area contributed by atoms with E-state index in [1.165, 1.54) is 7.11 Å². The minimum Gasteiger partial charge on any atom is -0.497 e. The van der Waals surface area contributed by atoms with Gasteiger partial charge < -0.3 is 14.8 Å². The molecule has 3 aromatic rings. The van der Waals surface area contributed by atoms with E-state index < -0.39 is 0 Å². The van der Waals surface area contributed by atoms with Crippen LogP contribution in [-0.2, 0) is 6.42 Å². The Morgan fingerprint density at radius 2 is 1.74 bits per heavy atom. The third-order valence-corrected chi connectivity index (χ3v) is 4.09. The molecule has 0 aliphatic rings. The van der Waals surface area contributed by atoms with E-state index >= 15 is 0 Å². The molecule has 138 valence electrons. The highest BCUT2D eigenvalue weighted by molar-refractivity contribution is 5.97. The summed E-state index contributed by atoms with van der Waals surface area (Å²) < 4.78 is 10.4. The lowest BCUT2D eigenvalue weighted by Crippen LogP contribution is -2.26. The average molecular weight is 363 g/mol. The first-order chi connectivity index (χ1) is 13.2. The molecule has 1 N–H and O–H groups in total. The first kappa shape index (κ1) is 18.4. The molecule has 0 bridgehead atoms. The number of carbonyl (C=O) groups excluding carboxylic acids is 1. The predicted octanol–water partition coefficient (Wildman–Crippen LogP) is 3.13. The van der Waals surface area contributed by atoms with Gasteiger partial charge >= 0.3 is 0 Å². The standard InChI is InChI=1S/C21H21N3O3/c1-26-17-8-9-18(19(12-17)27-2)21(25)22-11-10-15-13-23-20(24-14-15)16-6-4-3-5-7-16/h3-9,12-14H,10-11H2,1-2H3,(H,22,25). The first-order valence-corrected chi connectivity index (χ1v) is 8.58. The third kappa shape index (κ3) is 4.61. The van der Waals surface area contributed by atoms with E-state index in [0.29, 0.717) is 35.9 Å². The third-order valence-electron chi connectivity index (χ3n) is 4.09. The number of carbonyl (C=O) groups is 1. The van der Waals surface area contributed by atoms with E-state index in [-0.39, 0.29) is 5.91 Å². The molecule has 0 aliphatic heterocycles. The topological polar surface area (TPSA) is 73.3 Å². The Morgan fingerprint density at radius 1 is 1.00 bits per heavy atom. The van der Waals surface area contributed by atoms with Gasteiger partial charge in [-0.1, -0.05) is 30.3 Å². The maximum atomic E-state index is 12.4. The van der Waals surface area contributed by atoms with Crippen LogP contribution in [0, 0.1) is 0 Å². The molecule has 0 fully saturated rings. The molecule has 1 amide bonds. The fourth-order valence-electron chi connectivity index (χ4n) is 2.62. The quantitative estimate of drug-likeness (QED) is 0.698. The molecule has 6 heteroatoms. The van der Waals surface area contributed by atoms with E-state index in [1.807, 2.05) is 30.3 Å². The second kappa shape index (κ2) is 8.80. The SMILES string of the molecule is COc1ccc(C(=O)NCCc2cnc(-c3ccccc3)nc2)c(OC)c1. The lowest BCUT2D eigenvalue weighted by Gasteiger charge is -2.11. The van der Waals surface area contributed by atoms with Crippen molar-refractivity contribution >= 4 is 5.91 Å². The van der Waals surface area contributed by atoms with Crippen LogP contribution in [0.2, 0.25) is 0 Å². The number of rotatable bonds is 7. The summed E-state index contributed by atoms with van der Waals surface area (Å²) in [5.41, 5.74) is 2.40. The summed E-state index contributed by atoms with van der Waals surface area (Å²) >= 11 is 0. The van der Waals surface area contributed by atoms with Crippen LogP contribution >= 0.6 is 0 Å². The second-order valence-corrected chi connectivity index (χ2v) is 5.85. The van der Waals surface area contributed by atoms with Crippen molar-refractivity contribution < 1.29 is 14.3 Å². The van der Waals surface area contributed by atoms with Gasteiger partial charge in [0.2, 0.25) is 0 Å². The van der Waals surface area contributed by atoms with Crippen molar-refractivity contribution in [2.75, 3.05) is 20.8 Å². The summed E-state index contributed by atoms with van der Waals surface area (Å²) in [5, 5.41) is 2.89. The molecular formula is C21H21N3O3. The average Bonchev–Trinajstić information content (AvgIpc) is 2.74. The van der Waals surface area contributed by atoms with Gasteiger partial charge in [0.1, 0.15) is 11.5 Å². The molecule has 0 saturated heterocycles. The molecule has 6 nitrogen and oxygen atoms in total. The smallest absolute Gasteiger partial charge is 0.255 e. The van der Waals surface area contributed by atoms with Gasteiger partial charge in [-0.3, -0.25) is 4.79 Å². The summed E-state index contributed by atoms with van der Waals surface area (Å²) in [7, 11) is 3.09. The van der Waals surface area contributed by atoms with Crippen molar-refractivity contribution in [2.45, 2.75) is 6.42 Å². The Morgan fingerprint density at radius 3 is 2.41 bits per heavy atom. The molecule has 27 heavy (non-hydrogen) atoms. The van der Waals surface area contributed by atoms with Crippen molar-refractivity contribution in [1.82, 2.24) is 15.3 Å². The number of methoxy groups -OCH3 is 2. The van der Waals surface area contributed by atoms with Gasteiger partial charge in [0.05, 0.1) is 19.8 Å². The van der Waals surface area contributed by atoms with E-state index in [2.05, 4.69) is 15.3 Å². The maximum absolute atomic E-state index is 12.4. The van der Waals surface area contributed by atoms with Crippen molar-refractivity contribution in [3.8, 4) is 22.9 Å². The molecule has 3 rings (SSSR count). The Hall–Kier alpha value is -3.41. The van der Waals surface area contributed by atoms with E-state index in [1.54, 1.807) is 37.7 Å². The van der Waals surface area contributed by atoms with Gasteiger partial charge in [0.25, 0.3) is 5.91 Å². The van der Waals surface area contributed by atoms with E-state index in [9.17, 15) is 4.79 Å². The van der Waals surface area contributed by atoms with Crippen LogP contribution in [0.25, 0.3) is 11.4 Å². The monoisotopic (exact) mass is 363 g/mol. The minimum atomic E-state index is -0.198. The Bertz CT molecular complexity index is 896. The van der Waals surface area contributed by atoms with Crippen LogP contribution < -0.4 is 14.8 Å². The maximum Gasteiger partial charge on any atom is 0.255 e. The number of ether oxygens (including phenoxy) is 2. The normalized spacial score (nSPS) is 10.3. The number of amides is 1. The molecule has 0 radical (unpaired) electrons. The summed E-state index contributed by atoms with van der Waals surface area (Å²) in [5.74, 6) is 1.60. The highest BCUT2D eigenvalue weighted by atomic mass is 16.5. The summed E-state index contributed by atoms with van der Waals surface area (Å²) in [6, 6.07) is 14.9. The van der Waals surface area contributed by atoms with Crippen molar-refractivity contribution in [3.63, 3.8) is 0 Å². The molecule has 2 aromatic carbocycles. The van der Waals surface area contributed by atoms with Gasteiger partial charge in [-0.15, -0.1) is 0 Å². The van der Waals surface area contributed by atoms with Gasteiger partial charge in [0, 0.05) is 30.6 Å². The Labute approximate surface area is 158 Å². The van der Waals surface area contributed by atoms with Crippen LogP contribution in [0.3, 0.4) is 0 Å². The van der Waals surface area contributed by atoms with Gasteiger partial charge in [0.15, 0.2) is 5.82 Å². The fraction of sp³-hybridized carbons (Fsp3) is 0.190. The summed E-state index contributed by atoms with van der Waals surface area (Å²) in [6.45, 7) is 0.474. The van der Waals surface area contributed by atoms with Gasteiger partial charge in [-0.25, -0.2) is 9.97 Å². The number of nitrogens with one attached hydrogen (secondary N) is 1. The molecule has 0 saturated carbocycles. The molecular weight excluding hydrogens is 342 g/mol. The first-order valence-electron chi connectivity index (χ1n) is 8.58. The highest BCUT2D eigenvalue weighted by Crippen LogP contribution is 2.24. The van der Waals surface area contributed by atoms with Crippen LogP contribution in [0.15, 0.2) is 60.9 Å². The zero-order chi connectivity index (χ0) is 19.1. The zero-order valence-electron chi connectivity index (χ0n) is 15.3. The number of nitrogens with zero attached hydrogens (tertiary/aromatic N) is 2. The molecule has 0 aliphatic carbocycles. The molecule has 0 atom stereocenters. The van der Waals surface area contributed by atoms with Crippen LogP contribution in [0.5, 0.6) is 11.5 Å². The lowest BCUT2D eigenvalue weighted by atomic mass is 10.1. The summed E-state index contributed by atoms with van der Waals surface area (Å²) in [4.78, 5) is 21.2. The van der Waals surface area contributed by atoms with Crippen LogP contribution in [0.4, 0.5) is 0 Å². The zero-order valence-corrected chi connectivity index (χ0v) is 15.3. The number of aromatic nitrogens is 2. The van der Waals surface area contributed by atoms with Crippen LogP contribution in [-0.4, -0.2) is 36.6 Å². The number of benzene rings is 2. The molecule has 1 heterocycles. The van der Waals surface area contributed by atoms with Crippen molar-refractivity contribution in [3.05, 3.63) is 72.1 Å². The van der Waals surface area contributed by atoms with E-state index in [0.717, 1.165) is 11.1 Å². The van der Waals surface area contributed by atoms with Crippen molar-refractivity contribution in [1.29, 1.82) is 0 Å². The number of hydrogen-bond donors (Lipinski definition) is 1. The largest absolute Gasteiger partial charge is 0.497 e. The van der Waals surface area contributed by atoms with Crippen LogP contribution in [0.1, 0.15) is 15.9 Å². The molecule has 0 unspecified atom stereocenters. The summed E-state index contributed by atoms with van der Waals surface area (Å²) in [6.07, 6.45) is 4.21. The highest BCUT2D eigenvalue weighted by Gasteiger charge is 2.13. The van der Waals surface area contributed by atoms with Gasteiger partial charge in [-0.2, -0.15) is 0 Å². The molecule has 0 spiro atoms. The second-order valence-electron chi connectivity index (χ2n) is 5.85. The Kier molecular flexibility index (Phi) is 5.99. The van der Waals surface area contributed by atoms with Crippen molar-refractivity contribution in [2.24, 2.45) is 0 Å². The van der Waals surface area contributed by atoms with E-state index in [4.69, 9.17) is 9.47 Å². The predicted molar refractivity (Wildman–Crippen MR) is 103 cm³/mol.